The first-order chi connectivity index (χ1) is 4.09. The Morgan fingerprint density at radius 3 is 2.22 bits per heavy atom. The summed E-state index contributed by atoms with van der Waals surface area (Å²) in [7, 11) is 0. The van der Waals surface area contributed by atoms with E-state index in [4.69, 9.17) is 21.1 Å². The lowest BCUT2D eigenvalue weighted by atomic mass is 10.2. The smallest absolute Gasteiger partial charge is 0.334 e. The Labute approximate surface area is 51.7 Å². The third-order valence-corrected chi connectivity index (χ3v) is 0.869. The number of aliphatic hydroxyl groups is 2. The number of aliphatic hydroxyl groups excluding tert-OH is 2. The summed E-state index contributed by atoms with van der Waals surface area (Å²) < 4.78 is 0. The van der Waals surface area contributed by atoms with Gasteiger partial charge < -0.3 is 21.1 Å². The highest BCUT2D eigenvalue weighted by molar-refractivity contribution is 5.72. The first-order valence-electron chi connectivity index (χ1n) is 2.37. The van der Waals surface area contributed by atoms with Crippen LogP contribution in [0.2, 0.25) is 0 Å². The standard InChI is InChI=1S/C4H9NO4/c5-2(1-6)3(7)4(8)9/h2-3,6-7H,1,5H2,(H,8,9)/t2-,3+/m0/s1. The molecule has 5 heteroatoms. The van der Waals surface area contributed by atoms with Crippen molar-refractivity contribution in [3.8, 4) is 0 Å². The van der Waals surface area contributed by atoms with Gasteiger partial charge in [-0.2, -0.15) is 0 Å². The highest BCUT2D eigenvalue weighted by Gasteiger charge is 2.20. The van der Waals surface area contributed by atoms with E-state index in [9.17, 15) is 4.79 Å². The number of carbonyl (C=O) groups is 1. The maximum atomic E-state index is 9.86. The van der Waals surface area contributed by atoms with Gasteiger partial charge in [-0.25, -0.2) is 4.79 Å². The fourth-order valence-corrected chi connectivity index (χ4v) is 0.283. The summed E-state index contributed by atoms with van der Waals surface area (Å²) in [5.74, 6) is -1.42. The number of hydrogen-bond donors (Lipinski definition) is 4. The van der Waals surface area contributed by atoms with Crippen molar-refractivity contribution in [2.24, 2.45) is 5.73 Å². The molecule has 0 spiro atoms. The van der Waals surface area contributed by atoms with Gasteiger partial charge in [-0.05, 0) is 0 Å². The van der Waals surface area contributed by atoms with Crippen molar-refractivity contribution in [3.05, 3.63) is 0 Å². The molecular weight excluding hydrogens is 126 g/mol. The fourth-order valence-electron chi connectivity index (χ4n) is 0.283. The van der Waals surface area contributed by atoms with Gasteiger partial charge in [-0.1, -0.05) is 0 Å². The Bertz CT molecular complexity index is 105. The Kier molecular flexibility index (Phi) is 3.15. The van der Waals surface area contributed by atoms with Crippen LogP contribution in [0.15, 0.2) is 0 Å². The highest BCUT2D eigenvalue weighted by atomic mass is 16.4. The van der Waals surface area contributed by atoms with E-state index in [1.165, 1.54) is 0 Å². The molecule has 0 unspecified atom stereocenters. The maximum absolute atomic E-state index is 9.86. The largest absolute Gasteiger partial charge is 0.479 e. The van der Waals surface area contributed by atoms with Gasteiger partial charge >= 0.3 is 5.97 Å². The van der Waals surface area contributed by atoms with Crippen molar-refractivity contribution in [1.29, 1.82) is 0 Å². The molecule has 5 nitrogen and oxygen atoms in total. The van der Waals surface area contributed by atoms with Gasteiger partial charge in [-0.15, -0.1) is 0 Å². The van der Waals surface area contributed by atoms with Gasteiger partial charge in [0.05, 0.1) is 12.6 Å². The molecule has 0 heterocycles. The van der Waals surface area contributed by atoms with Gasteiger partial charge in [0.1, 0.15) is 0 Å². The molecule has 0 saturated heterocycles. The fraction of sp³-hybridized carbons (Fsp3) is 0.750. The van der Waals surface area contributed by atoms with Crippen LogP contribution in [0, 0.1) is 0 Å². The molecule has 0 aromatic heterocycles. The molecular formula is C4H9NO4. The lowest BCUT2D eigenvalue weighted by Crippen LogP contribution is -2.42. The van der Waals surface area contributed by atoms with E-state index in [1.54, 1.807) is 0 Å². The minimum Gasteiger partial charge on any atom is -0.479 e. The number of rotatable bonds is 3. The molecule has 0 aliphatic rings. The topological polar surface area (TPSA) is 104 Å². The van der Waals surface area contributed by atoms with Gasteiger partial charge in [0, 0.05) is 0 Å². The second kappa shape index (κ2) is 3.39. The lowest BCUT2D eigenvalue weighted by Gasteiger charge is -2.10. The van der Waals surface area contributed by atoms with Gasteiger partial charge in [-0.3, -0.25) is 0 Å². The summed E-state index contributed by atoms with van der Waals surface area (Å²) >= 11 is 0. The van der Waals surface area contributed by atoms with Gasteiger partial charge in [0.2, 0.25) is 0 Å². The third kappa shape index (κ3) is 2.41. The Morgan fingerprint density at radius 1 is 1.67 bits per heavy atom. The molecule has 9 heavy (non-hydrogen) atoms. The molecule has 0 bridgehead atoms. The van der Waals surface area contributed by atoms with Crippen molar-refractivity contribution in [1.82, 2.24) is 0 Å². The van der Waals surface area contributed by atoms with Crippen LogP contribution in [0.3, 0.4) is 0 Å². The summed E-state index contributed by atoms with van der Waals surface area (Å²) in [6.45, 7) is -0.534. The zero-order chi connectivity index (χ0) is 7.44. The van der Waals surface area contributed by atoms with Crippen LogP contribution in [0.4, 0.5) is 0 Å². The predicted octanol–water partition coefficient (Wildman–Crippen LogP) is -2.25. The third-order valence-electron chi connectivity index (χ3n) is 0.869. The number of carboxylic acid groups (broad SMARTS) is 1. The SMILES string of the molecule is N[C@@H](CO)[C@@H](O)C(=O)O. The monoisotopic (exact) mass is 135 g/mol. The van der Waals surface area contributed by atoms with Crippen LogP contribution in [0.25, 0.3) is 0 Å². The first-order valence-corrected chi connectivity index (χ1v) is 2.37. The molecule has 0 amide bonds. The molecule has 0 saturated carbocycles. The van der Waals surface area contributed by atoms with Crippen LogP contribution in [-0.2, 0) is 4.79 Å². The lowest BCUT2D eigenvalue weighted by molar-refractivity contribution is -0.148. The molecule has 0 rings (SSSR count). The first kappa shape index (κ1) is 8.35. The van der Waals surface area contributed by atoms with E-state index >= 15 is 0 Å². The minimum absolute atomic E-state index is 0.534. The Morgan fingerprint density at radius 2 is 2.11 bits per heavy atom. The van der Waals surface area contributed by atoms with E-state index in [1.807, 2.05) is 0 Å². The van der Waals surface area contributed by atoms with E-state index < -0.39 is 24.7 Å². The quantitative estimate of drug-likeness (QED) is 0.350. The van der Waals surface area contributed by atoms with Crippen molar-refractivity contribution < 1.29 is 20.1 Å². The summed E-state index contributed by atoms with van der Waals surface area (Å²) in [4.78, 5) is 9.86. The van der Waals surface area contributed by atoms with Gasteiger partial charge in [0.25, 0.3) is 0 Å². The zero-order valence-corrected chi connectivity index (χ0v) is 4.69. The van der Waals surface area contributed by atoms with Crippen molar-refractivity contribution in [2.75, 3.05) is 6.61 Å². The van der Waals surface area contributed by atoms with Gasteiger partial charge in [0.15, 0.2) is 6.10 Å². The molecule has 0 radical (unpaired) electrons. The van der Waals surface area contributed by atoms with Crippen LogP contribution in [0.5, 0.6) is 0 Å². The van der Waals surface area contributed by atoms with Crippen LogP contribution >= 0.6 is 0 Å². The Balaban J connectivity index is 3.72. The number of aliphatic carboxylic acids is 1. The Hall–Kier alpha value is -0.650. The average molecular weight is 135 g/mol. The van der Waals surface area contributed by atoms with Crippen LogP contribution in [0.1, 0.15) is 0 Å². The van der Waals surface area contributed by atoms with Crippen molar-refractivity contribution in [2.45, 2.75) is 12.1 Å². The van der Waals surface area contributed by atoms with Crippen LogP contribution < -0.4 is 5.73 Å². The number of carboxylic acids is 1. The van der Waals surface area contributed by atoms with E-state index in [-0.39, 0.29) is 0 Å². The molecule has 0 aromatic rings. The van der Waals surface area contributed by atoms with Crippen LogP contribution in [-0.4, -0.2) is 40.0 Å². The summed E-state index contributed by atoms with van der Waals surface area (Å²) in [5.41, 5.74) is 4.94. The average Bonchev–Trinajstić information content (AvgIpc) is 1.84. The maximum Gasteiger partial charge on any atom is 0.334 e. The molecule has 5 N–H and O–H groups in total. The molecule has 0 aliphatic heterocycles. The summed E-state index contributed by atoms with van der Waals surface area (Å²) in [5, 5.41) is 24.8. The summed E-state index contributed by atoms with van der Waals surface area (Å²) in [6.07, 6.45) is -1.67. The van der Waals surface area contributed by atoms with Crippen molar-refractivity contribution >= 4 is 5.97 Å². The minimum atomic E-state index is -1.67. The molecule has 2 atom stereocenters. The van der Waals surface area contributed by atoms with E-state index in [2.05, 4.69) is 0 Å². The second-order valence-corrected chi connectivity index (χ2v) is 1.63. The molecule has 0 aromatic carbocycles. The van der Waals surface area contributed by atoms with Crippen molar-refractivity contribution in [3.63, 3.8) is 0 Å². The predicted molar refractivity (Wildman–Crippen MR) is 28.7 cm³/mol. The number of hydrogen-bond acceptors (Lipinski definition) is 4. The zero-order valence-electron chi connectivity index (χ0n) is 4.69. The second-order valence-electron chi connectivity index (χ2n) is 1.63. The molecule has 54 valence electrons. The van der Waals surface area contributed by atoms with E-state index in [0.29, 0.717) is 0 Å². The molecule has 0 fully saturated rings. The van der Waals surface area contributed by atoms with E-state index in [0.717, 1.165) is 0 Å². The summed E-state index contributed by atoms with van der Waals surface area (Å²) in [6, 6.07) is -1.09. The molecule has 0 aliphatic carbocycles. The normalized spacial score (nSPS) is 16.8. The highest BCUT2D eigenvalue weighted by Crippen LogP contribution is 1.87. The number of nitrogens with two attached hydrogens (primary N) is 1.